The Kier molecular flexibility index (Phi) is 3.14. The molecule has 0 aliphatic carbocycles. The molecular formula is C13H20N2. The Balaban J connectivity index is 2.05. The zero-order valence-corrected chi connectivity index (χ0v) is 9.50. The molecule has 0 saturated heterocycles. The minimum Gasteiger partial charge on any atom is -0.398 e. The standard InChI is InChI=1S/C13H20N2/c1-2-3-4-9-15-10-8-11-12(14)6-5-7-13(11)15/h5-7H,2-4,8-10,14H2,1H3. The summed E-state index contributed by atoms with van der Waals surface area (Å²) in [7, 11) is 0. The van der Waals surface area contributed by atoms with Gasteiger partial charge in [0.1, 0.15) is 0 Å². The summed E-state index contributed by atoms with van der Waals surface area (Å²) in [6, 6.07) is 6.27. The zero-order valence-electron chi connectivity index (χ0n) is 9.50. The van der Waals surface area contributed by atoms with Crippen molar-refractivity contribution in [2.45, 2.75) is 32.6 Å². The summed E-state index contributed by atoms with van der Waals surface area (Å²) < 4.78 is 0. The van der Waals surface area contributed by atoms with E-state index < -0.39 is 0 Å². The molecule has 0 saturated carbocycles. The van der Waals surface area contributed by atoms with E-state index in [-0.39, 0.29) is 0 Å². The van der Waals surface area contributed by atoms with Crippen LogP contribution in [0.5, 0.6) is 0 Å². The predicted octanol–water partition coefficient (Wildman–Crippen LogP) is 2.82. The molecule has 0 bridgehead atoms. The molecule has 2 heteroatoms. The molecular weight excluding hydrogens is 184 g/mol. The van der Waals surface area contributed by atoms with E-state index in [9.17, 15) is 0 Å². The summed E-state index contributed by atoms with van der Waals surface area (Å²) in [5.41, 5.74) is 9.65. The van der Waals surface area contributed by atoms with Crippen LogP contribution in [0, 0.1) is 0 Å². The number of nitrogens with zero attached hydrogens (tertiary/aromatic N) is 1. The van der Waals surface area contributed by atoms with Crippen molar-refractivity contribution in [2.75, 3.05) is 23.7 Å². The molecule has 2 N–H and O–H groups in total. The summed E-state index contributed by atoms with van der Waals surface area (Å²) in [5, 5.41) is 0. The highest BCUT2D eigenvalue weighted by Crippen LogP contribution is 2.32. The SMILES string of the molecule is CCCCCN1CCc2c(N)cccc21. The Morgan fingerprint density at radius 1 is 1.33 bits per heavy atom. The van der Waals surface area contributed by atoms with Gasteiger partial charge in [-0.25, -0.2) is 0 Å². The van der Waals surface area contributed by atoms with Gasteiger partial charge in [0.15, 0.2) is 0 Å². The lowest BCUT2D eigenvalue weighted by Gasteiger charge is -2.19. The van der Waals surface area contributed by atoms with Crippen LogP contribution in [0.1, 0.15) is 31.7 Å². The number of rotatable bonds is 4. The zero-order chi connectivity index (χ0) is 10.7. The first-order valence-corrected chi connectivity index (χ1v) is 5.95. The van der Waals surface area contributed by atoms with Gasteiger partial charge in [-0.1, -0.05) is 25.8 Å². The first-order valence-electron chi connectivity index (χ1n) is 5.95. The van der Waals surface area contributed by atoms with Crippen LogP contribution in [-0.4, -0.2) is 13.1 Å². The highest BCUT2D eigenvalue weighted by molar-refractivity contribution is 5.68. The van der Waals surface area contributed by atoms with Gasteiger partial charge in [-0.3, -0.25) is 0 Å². The average Bonchev–Trinajstić information content (AvgIpc) is 2.64. The smallest absolute Gasteiger partial charge is 0.0420 e. The van der Waals surface area contributed by atoms with Crippen LogP contribution in [0.3, 0.4) is 0 Å². The molecule has 1 aliphatic rings. The Morgan fingerprint density at radius 3 is 3.00 bits per heavy atom. The van der Waals surface area contributed by atoms with E-state index in [4.69, 9.17) is 5.73 Å². The van der Waals surface area contributed by atoms with Crippen molar-refractivity contribution in [3.05, 3.63) is 23.8 Å². The summed E-state index contributed by atoms with van der Waals surface area (Å²) in [6.45, 7) is 4.58. The van der Waals surface area contributed by atoms with Crippen molar-refractivity contribution in [2.24, 2.45) is 0 Å². The van der Waals surface area contributed by atoms with Crippen molar-refractivity contribution in [3.63, 3.8) is 0 Å². The van der Waals surface area contributed by atoms with Crippen LogP contribution in [0.4, 0.5) is 11.4 Å². The monoisotopic (exact) mass is 204 g/mol. The normalized spacial score (nSPS) is 14.3. The molecule has 0 amide bonds. The van der Waals surface area contributed by atoms with E-state index in [2.05, 4.69) is 24.0 Å². The highest BCUT2D eigenvalue weighted by Gasteiger charge is 2.19. The molecule has 1 aromatic rings. The molecule has 0 unspecified atom stereocenters. The van der Waals surface area contributed by atoms with E-state index in [1.54, 1.807) is 0 Å². The van der Waals surface area contributed by atoms with Crippen molar-refractivity contribution < 1.29 is 0 Å². The maximum atomic E-state index is 5.96. The summed E-state index contributed by atoms with van der Waals surface area (Å²) in [5.74, 6) is 0. The van der Waals surface area contributed by atoms with Gasteiger partial charge in [0, 0.05) is 30.0 Å². The fourth-order valence-corrected chi connectivity index (χ4v) is 2.31. The molecule has 0 aromatic heterocycles. The Hall–Kier alpha value is -1.18. The average molecular weight is 204 g/mol. The third-order valence-corrected chi connectivity index (χ3v) is 3.19. The molecule has 0 spiro atoms. The van der Waals surface area contributed by atoms with Crippen molar-refractivity contribution in [3.8, 4) is 0 Å². The van der Waals surface area contributed by atoms with E-state index in [1.165, 1.54) is 37.1 Å². The van der Waals surface area contributed by atoms with Crippen LogP contribution >= 0.6 is 0 Å². The van der Waals surface area contributed by atoms with Crippen molar-refractivity contribution in [1.29, 1.82) is 0 Å². The van der Waals surface area contributed by atoms with Gasteiger partial charge in [-0.15, -0.1) is 0 Å². The topological polar surface area (TPSA) is 29.3 Å². The van der Waals surface area contributed by atoms with E-state index in [1.807, 2.05) is 6.07 Å². The minimum atomic E-state index is 0.963. The molecule has 1 heterocycles. The fraction of sp³-hybridized carbons (Fsp3) is 0.538. The minimum absolute atomic E-state index is 0.963. The number of nitrogen functional groups attached to an aromatic ring is 1. The Labute approximate surface area is 92.1 Å². The number of hydrogen-bond acceptors (Lipinski definition) is 2. The van der Waals surface area contributed by atoms with E-state index in [0.717, 1.165) is 18.7 Å². The van der Waals surface area contributed by atoms with Crippen molar-refractivity contribution >= 4 is 11.4 Å². The lowest BCUT2D eigenvalue weighted by atomic mass is 10.1. The van der Waals surface area contributed by atoms with Gasteiger partial charge in [0.05, 0.1) is 0 Å². The number of hydrogen-bond donors (Lipinski definition) is 1. The second-order valence-electron chi connectivity index (χ2n) is 4.29. The van der Waals surface area contributed by atoms with E-state index >= 15 is 0 Å². The number of fused-ring (bicyclic) bond motifs is 1. The van der Waals surface area contributed by atoms with Crippen LogP contribution in [-0.2, 0) is 6.42 Å². The summed E-state index contributed by atoms with van der Waals surface area (Å²) in [4.78, 5) is 2.47. The highest BCUT2D eigenvalue weighted by atomic mass is 15.1. The lowest BCUT2D eigenvalue weighted by Crippen LogP contribution is -2.21. The third-order valence-electron chi connectivity index (χ3n) is 3.19. The Morgan fingerprint density at radius 2 is 2.20 bits per heavy atom. The second-order valence-corrected chi connectivity index (χ2v) is 4.29. The number of anilines is 2. The number of nitrogens with two attached hydrogens (primary N) is 1. The molecule has 1 aromatic carbocycles. The molecule has 1 aliphatic heterocycles. The van der Waals surface area contributed by atoms with Gasteiger partial charge >= 0.3 is 0 Å². The summed E-state index contributed by atoms with van der Waals surface area (Å²) >= 11 is 0. The molecule has 15 heavy (non-hydrogen) atoms. The first kappa shape index (κ1) is 10.3. The van der Waals surface area contributed by atoms with Gasteiger partial charge < -0.3 is 10.6 Å². The molecule has 0 atom stereocenters. The second kappa shape index (κ2) is 4.56. The maximum Gasteiger partial charge on any atom is 0.0420 e. The van der Waals surface area contributed by atoms with Crippen LogP contribution < -0.4 is 10.6 Å². The van der Waals surface area contributed by atoms with Gasteiger partial charge in [0.25, 0.3) is 0 Å². The molecule has 0 fully saturated rings. The quantitative estimate of drug-likeness (QED) is 0.603. The predicted molar refractivity (Wildman–Crippen MR) is 66.3 cm³/mol. The molecule has 2 rings (SSSR count). The molecule has 0 radical (unpaired) electrons. The number of benzene rings is 1. The molecule has 2 nitrogen and oxygen atoms in total. The lowest BCUT2D eigenvalue weighted by molar-refractivity contribution is 0.688. The van der Waals surface area contributed by atoms with Crippen LogP contribution in [0.2, 0.25) is 0 Å². The van der Waals surface area contributed by atoms with Gasteiger partial charge in [0.2, 0.25) is 0 Å². The largest absolute Gasteiger partial charge is 0.398 e. The van der Waals surface area contributed by atoms with E-state index in [0.29, 0.717) is 0 Å². The maximum absolute atomic E-state index is 5.96. The van der Waals surface area contributed by atoms with Crippen LogP contribution in [0.25, 0.3) is 0 Å². The van der Waals surface area contributed by atoms with Gasteiger partial charge in [-0.05, 0) is 25.0 Å². The van der Waals surface area contributed by atoms with Gasteiger partial charge in [-0.2, -0.15) is 0 Å². The van der Waals surface area contributed by atoms with Crippen molar-refractivity contribution in [1.82, 2.24) is 0 Å². The third kappa shape index (κ3) is 2.09. The first-order chi connectivity index (χ1) is 7.33. The fourth-order valence-electron chi connectivity index (χ4n) is 2.31. The van der Waals surface area contributed by atoms with Crippen LogP contribution in [0.15, 0.2) is 18.2 Å². The number of unbranched alkanes of at least 4 members (excludes halogenated alkanes) is 2. The Bertz CT molecular complexity index is 333. The summed E-state index contributed by atoms with van der Waals surface area (Å²) in [6.07, 6.45) is 5.03. The molecule has 82 valence electrons.